The van der Waals surface area contributed by atoms with Gasteiger partial charge in [0.1, 0.15) is 6.04 Å². The molecule has 1 saturated heterocycles. The minimum absolute atomic E-state index is 0.0426. The highest BCUT2D eigenvalue weighted by atomic mass is 16.5. The number of nitrogens with zero attached hydrogens (tertiary/aromatic N) is 1. The molecule has 0 bridgehead atoms. The molecule has 0 spiro atoms. The first-order valence-electron chi connectivity index (χ1n) is 6.60. The largest absolute Gasteiger partial charge is 0.480 e. The lowest BCUT2D eigenvalue weighted by Crippen LogP contribution is -2.50. The van der Waals surface area contributed by atoms with Gasteiger partial charge in [-0.1, -0.05) is 13.3 Å². The number of nitrogens with one attached hydrogen (secondary N) is 2. The maximum atomic E-state index is 11.6. The highest BCUT2D eigenvalue weighted by Gasteiger charge is 2.21. The van der Waals surface area contributed by atoms with Crippen LogP contribution in [0.5, 0.6) is 0 Å². The first-order chi connectivity index (χ1) is 9.02. The lowest BCUT2D eigenvalue weighted by molar-refractivity contribution is -0.139. The summed E-state index contributed by atoms with van der Waals surface area (Å²) in [5, 5.41) is 14.0. The van der Waals surface area contributed by atoms with E-state index >= 15 is 0 Å². The van der Waals surface area contributed by atoms with Crippen LogP contribution < -0.4 is 10.6 Å². The van der Waals surface area contributed by atoms with Gasteiger partial charge in [0.05, 0.1) is 12.7 Å². The second-order valence-electron chi connectivity index (χ2n) is 4.79. The Bertz CT molecular complexity index is 311. The van der Waals surface area contributed by atoms with Crippen LogP contribution in [0.1, 0.15) is 19.8 Å². The van der Waals surface area contributed by atoms with Gasteiger partial charge in [0, 0.05) is 19.6 Å². The molecule has 2 atom stereocenters. The van der Waals surface area contributed by atoms with E-state index in [0.29, 0.717) is 26.0 Å². The summed E-state index contributed by atoms with van der Waals surface area (Å²) in [5.41, 5.74) is 0. The number of likely N-dealkylation sites (N-methyl/N-ethyl adjacent to an activating group) is 1. The van der Waals surface area contributed by atoms with Gasteiger partial charge in [0.15, 0.2) is 0 Å². The number of hydrogen-bond donors (Lipinski definition) is 3. The molecular formula is C12H23N3O4. The van der Waals surface area contributed by atoms with Crippen LogP contribution in [0, 0.1) is 0 Å². The fourth-order valence-corrected chi connectivity index (χ4v) is 1.95. The molecule has 7 heteroatoms. The van der Waals surface area contributed by atoms with Gasteiger partial charge in [-0.25, -0.2) is 9.59 Å². The lowest BCUT2D eigenvalue weighted by Gasteiger charge is -2.30. The summed E-state index contributed by atoms with van der Waals surface area (Å²) < 4.78 is 5.50. The maximum absolute atomic E-state index is 11.6. The van der Waals surface area contributed by atoms with Gasteiger partial charge in [-0.2, -0.15) is 0 Å². The number of carboxylic acids is 1. The van der Waals surface area contributed by atoms with Crippen molar-refractivity contribution >= 4 is 12.0 Å². The quantitative estimate of drug-likeness (QED) is 0.627. The standard InChI is InChI=1S/C12H23N3O4/c1-3-4-10(11(16)17)14-12(18)13-7-9-8-15(2)5-6-19-9/h9-10H,3-8H2,1-2H3,(H,16,17)(H2,13,14,18)/t9?,10-/m1/s1. The van der Waals surface area contributed by atoms with Crippen LogP contribution in [-0.2, 0) is 9.53 Å². The zero-order valence-electron chi connectivity index (χ0n) is 11.5. The Morgan fingerprint density at radius 3 is 2.84 bits per heavy atom. The van der Waals surface area contributed by atoms with Gasteiger partial charge in [0.2, 0.25) is 0 Å². The van der Waals surface area contributed by atoms with Crippen LogP contribution in [0.15, 0.2) is 0 Å². The lowest BCUT2D eigenvalue weighted by atomic mass is 10.2. The number of carbonyl (C=O) groups is 2. The Labute approximate surface area is 113 Å². The number of carboxylic acid groups (broad SMARTS) is 1. The van der Waals surface area contributed by atoms with Gasteiger partial charge >= 0.3 is 12.0 Å². The minimum Gasteiger partial charge on any atom is -0.480 e. The van der Waals surface area contributed by atoms with Crippen molar-refractivity contribution in [1.29, 1.82) is 0 Å². The van der Waals surface area contributed by atoms with E-state index in [9.17, 15) is 9.59 Å². The average molecular weight is 273 g/mol. The number of amides is 2. The maximum Gasteiger partial charge on any atom is 0.326 e. The van der Waals surface area contributed by atoms with Crippen LogP contribution in [0.3, 0.4) is 0 Å². The van der Waals surface area contributed by atoms with Crippen molar-refractivity contribution in [2.45, 2.75) is 31.9 Å². The molecule has 0 saturated carbocycles. The number of carbonyl (C=O) groups excluding carboxylic acids is 1. The molecule has 7 nitrogen and oxygen atoms in total. The second kappa shape index (κ2) is 7.96. The molecule has 2 amide bonds. The van der Waals surface area contributed by atoms with Crippen molar-refractivity contribution in [3.8, 4) is 0 Å². The number of urea groups is 1. The summed E-state index contributed by atoms with van der Waals surface area (Å²) in [6.07, 6.45) is 1.08. The predicted molar refractivity (Wildman–Crippen MR) is 70.1 cm³/mol. The van der Waals surface area contributed by atoms with E-state index < -0.39 is 18.0 Å². The van der Waals surface area contributed by atoms with Crippen LogP contribution in [0.4, 0.5) is 4.79 Å². The molecule has 1 unspecified atom stereocenters. The zero-order valence-corrected chi connectivity index (χ0v) is 11.5. The molecule has 19 heavy (non-hydrogen) atoms. The molecular weight excluding hydrogens is 250 g/mol. The Morgan fingerprint density at radius 2 is 2.26 bits per heavy atom. The molecule has 1 rings (SSSR count). The first-order valence-corrected chi connectivity index (χ1v) is 6.60. The molecule has 1 fully saturated rings. The monoisotopic (exact) mass is 273 g/mol. The predicted octanol–water partition coefficient (Wildman–Crippen LogP) is -0.130. The normalized spacial score (nSPS) is 21.7. The molecule has 1 aliphatic heterocycles. The zero-order chi connectivity index (χ0) is 14.3. The fourth-order valence-electron chi connectivity index (χ4n) is 1.95. The third-order valence-corrected chi connectivity index (χ3v) is 3.01. The summed E-state index contributed by atoms with van der Waals surface area (Å²) in [6.45, 7) is 4.56. The molecule has 110 valence electrons. The number of ether oxygens (including phenoxy) is 1. The fraction of sp³-hybridized carbons (Fsp3) is 0.833. The summed E-state index contributed by atoms with van der Waals surface area (Å²) in [7, 11) is 2.00. The highest BCUT2D eigenvalue weighted by molar-refractivity contribution is 5.82. The van der Waals surface area contributed by atoms with E-state index in [4.69, 9.17) is 9.84 Å². The molecule has 0 aromatic carbocycles. The SMILES string of the molecule is CCC[C@@H](NC(=O)NCC1CN(C)CCO1)C(=O)O. The smallest absolute Gasteiger partial charge is 0.326 e. The Kier molecular flexibility index (Phi) is 6.58. The Morgan fingerprint density at radius 1 is 1.53 bits per heavy atom. The summed E-state index contributed by atoms with van der Waals surface area (Å²) >= 11 is 0. The summed E-state index contributed by atoms with van der Waals surface area (Å²) in [5.74, 6) is -1.01. The molecule has 0 radical (unpaired) electrons. The molecule has 1 heterocycles. The third-order valence-electron chi connectivity index (χ3n) is 3.01. The molecule has 3 N–H and O–H groups in total. The van der Waals surface area contributed by atoms with Gasteiger partial charge < -0.3 is 25.4 Å². The molecule has 0 aliphatic carbocycles. The third kappa shape index (κ3) is 5.89. The van der Waals surface area contributed by atoms with E-state index in [1.807, 2.05) is 14.0 Å². The Balaban J connectivity index is 2.28. The van der Waals surface area contributed by atoms with Gasteiger partial charge in [0.25, 0.3) is 0 Å². The summed E-state index contributed by atoms with van der Waals surface area (Å²) in [6, 6.07) is -1.29. The van der Waals surface area contributed by atoms with Crippen molar-refractivity contribution in [2.75, 3.05) is 33.3 Å². The van der Waals surface area contributed by atoms with E-state index in [2.05, 4.69) is 15.5 Å². The van der Waals surface area contributed by atoms with E-state index in [-0.39, 0.29) is 6.10 Å². The molecule has 0 aromatic rings. The van der Waals surface area contributed by atoms with Crippen molar-refractivity contribution in [2.24, 2.45) is 0 Å². The van der Waals surface area contributed by atoms with E-state index in [1.165, 1.54) is 0 Å². The van der Waals surface area contributed by atoms with Gasteiger partial charge in [-0.05, 0) is 13.5 Å². The van der Waals surface area contributed by atoms with E-state index in [0.717, 1.165) is 13.1 Å². The van der Waals surface area contributed by atoms with Crippen molar-refractivity contribution in [3.05, 3.63) is 0 Å². The van der Waals surface area contributed by atoms with Crippen molar-refractivity contribution in [3.63, 3.8) is 0 Å². The average Bonchev–Trinajstić information content (AvgIpc) is 2.36. The minimum atomic E-state index is -1.01. The number of morpholine rings is 1. The van der Waals surface area contributed by atoms with Crippen LogP contribution >= 0.6 is 0 Å². The van der Waals surface area contributed by atoms with Gasteiger partial charge in [-0.3, -0.25) is 0 Å². The summed E-state index contributed by atoms with van der Waals surface area (Å²) in [4.78, 5) is 24.6. The van der Waals surface area contributed by atoms with Crippen LogP contribution in [0.2, 0.25) is 0 Å². The molecule has 0 aromatic heterocycles. The van der Waals surface area contributed by atoms with Crippen LogP contribution in [-0.4, -0.2) is 67.4 Å². The highest BCUT2D eigenvalue weighted by Crippen LogP contribution is 2.01. The molecule has 1 aliphatic rings. The topological polar surface area (TPSA) is 90.9 Å². The van der Waals surface area contributed by atoms with E-state index in [1.54, 1.807) is 0 Å². The van der Waals surface area contributed by atoms with Crippen molar-refractivity contribution in [1.82, 2.24) is 15.5 Å². The van der Waals surface area contributed by atoms with Crippen molar-refractivity contribution < 1.29 is 19.4 Å². The number of rotatable bonds is 6. The number of aliphatic carboxylic acids is 1. The Hall–Kier alpha value is -1.34. The second-order valence-corrected chi connectivity index (χ2v) is 4.79. The van der Waals surface area contributed by atoms with Crippen LogP contribution in [0.25, 0.3) is 0 Å². The first kappa shape index (κ1) is 15.7. The van der Waals surface area contributed by atoms with Gasteiger partial charge in [-0.15, -0.1) is 0 Å². The number of hydrogen-bond acceptors (Lipinski definition) is 4.